The van der Waals surface area contributed by atoms with Crippen LogP contribution in [-0.2, 0) is 0 Å². The van der Waals surface area contributed by atoms with Gasteiger partial charge in [-0.15, -0.1) is 12.4 Å². The fourth-order valence-corrected chi connectivity index (χ4v) is 3.06. The molecule has 1 N–H and O–H groups in total. The largest absolute Gasteiger partial charge is 0.382 e. The Morgan fingerprint density at radius 2 is 1.80 bits per heavy atom. The average molecular weight is 291 g/mol. The topological polar surface area (TPSA) is 24.9 Å². The summed E-state index contributed by atoms with van der Waals surface area (Å²) in [7, 11) is 0. The molecule has 1 heterocycles. The number of aromatic nitrogens is 1. The first-order valence-electron chi connectivity index (χ1n) is 7.37. The van der Waals surface area contributed by atoms with Crippen LogP contribution in [0.5, 0.6) is 0 Å². The summed E-state index contributed by atoms with van der Waals surface area (Å²) in [5.41, 5.74) is 4.75. The zero-order valence-electron chi connectivity index (χ0n) is 12.3. The minimum Gasteiger partial charge on any atom is -0.382 e. The Bertz CT molecular complexity index is 589. The van der Waals surface area contributed by atoms with Gasteiger partial charge in [0.05, 0.1) is 5.52 Å². The number of nitrogens with zero attached hydrogens (tertiary/aromatic N) is 1. The third-order valence-corrected chi connectivity index (χ3v) is 4.06. The number of halogens is 1. The zero-order chi connectivity index (χ0) is 13.2. The molecule has 1 aromatic carbocycles. The molecular weight excluding hydrogens is 268 g/mol. The Hall–Kier alpha value is -1.28. The lowest BCUT2D eigenvalue weighted by atomic mass is 9.95. The van der Waals surface area contributed by atoms with Crippen molar-refractivity contribution in [2.75, 3.05) is 5.32 Å². The summed E-state index contributed by atoms with van der Waals surface area (Å²) in [6, 6.07) is 9.34. The summed E-state index contributed by atoms with van der Waals surface area (Å²) in [6.07, 6.45) is 6.72. The van der Waals surface area contributed by atoms with Crippen LogP contribution >= 0.6 is 12.4 Å². The van der Waals surface area contributed by atoms with Gasteiger partial charge in [0.2, 0.25) is 0 Å². The lowest BCUT2D eigenvalue weighted by molar-refractivity contribution is 0.463. The summed E-state index contributed by atoms with van der Waals surface area (Å²) >= 11 is 0. The van der Waals surface area contributed by atoms with Gasteiger partial charge in [0, 0.05) is 22.8 Å². The molecule has 0 amide bonds. The molecule has 0 atom stereocenters. The van der Waals surface area contributed by atoms with Gasteiger partial charge in [-0.3, -0.25) is 4.98 Å². The molecule has 1 saturated carbocycles. The van der Waals surface area contributed by atoms with Crippen LogP contribution in [0.3, 0.4) is 0 Å². The highest BCUT2D eigenvalue weighted by atomic mass is 35.5. The van der Waals surface area contributed by atoms with Crippen LogP contribution in [0.2, 0.25) is 0 Å². The molecule has 0 radical (unpaired) electrons. The molecular formula is C17H23ClN2. The summed E-state index contributed by atoms with van der Waals surface area (Å²) in [4.78, 5) is 4.63. The Morgan fingerprint density at radius 3 is 2.55 bits per heavy atom. The van der Waals surface area contributed by atoms with Crippen LogP contribution in [0.25, 0.3) is 10.9 Å². The third-order valence-electron chi connectivity index (χ3n) is 4.06. The van der Waals surface area contributed by atoms with Crippen molar-refractivity contribution in [3.8, 4) is 0 Å². The predicted octanol–water partition coefficient (Wildman–Crippen LogP) is 5.02. The SMILES string of the molecule is Cc1ccc2nc(C)cc(NC3CCCCC3)c2c1.Cl. The highest BCUT2D eigenvalue weighted by Crippen LogP contribution is 2.28. The number of rotatable bonds is 2. The van der Waals surface area contributed by atoms with Crippen molar-refractivity contribution in [1.29, 1.82) is 0 Å². The van der Waals surface area contributed by atoms with Crippen molar-refractivity contribution in [2.24, 2.45) is 0 Å². The summed E-state index contributed by atoms with van der Waals surface area (Å²) < 4.78 is 0. The zero-order valence-corrected chi connectivity index (χ0v) is 13.1. The number of nitrogens with one attached hydrogen (secondary N) is 1. The van der Waals surface area contributed by atoms with E-state index >= 15 is 0 Å². The number of fused-ring (bicyclic) bond motifs is 1. The van der Waals surface area contributed by atoms with E-state index in [4.69, 9.17) is 0 Å². The highest BCUT2D eigenvalue weighted by molar-refractivity contribution is 5.92. The van der Waals surface area contributed by atoms with Crippen LogP contribution in [0.15, 0.2) is 24.3 Å². The standard InChI is InChI=1S/C17H22N2.ClH/c1-12-8-9-16-15(10-12)17(11-13(2)18-16)19-14-6-4-3-5-7-14;/h8-11,14H,3-7H2,1-2H3,(H,18,19);1H. The third kappa shape index (κ3) is 3.24. The monoisotopic (exact) mass is 290 g/mol. The van der Waals surface area contributed by atoms with E-state index in [9.17, 15) is 0 Å². The van der Waals surface area contributed by atoms with Crippen molar-refractivity contribution < 1.29 is 0 Å². The van der Waals surface area contributed by atoms with E-state index in [0.717, 1.165) is 11.2 Å². The normalized spacial score (nSPS) is 15.9. The van der Waals surface area contributed by atoms with Gasteiger partial charge < -0.3 is 5.32 Å². The Labute approximate surface area is 127 Å². The molecule has 2 aromatic rings. The minimum atomic E-state index is 0. The lowest BCUT2D eigenvalue weighted by Crippen LogP contribution is -2.22. The van der Waals surface area contributed by atoms with E-state index in [1.165, 1.54) is 48.7 Å². The Balaban J connectivity index is 0.00000147. The fraction of sp³-hybridized carbons (Fsp3) is 0.471. The Kier molecular flexibility index (Phi) is 4.87. The molecule has 1 aromatic heterocycles. The number of hydrogen-bond donors (Lipinski definition) is 1. The first-order valence-corrected chi connectivity index (χ1v) is 7.37. The maximum Gasteiger partial charge on any atom is 0.0726 e. The second-order valence-corrected chi connectivity index (χ2v) is 5.81. The number of anilines is 1. The number of hydrogen-bond acceptors (Lipinski definition) is 2. The first-order chi connectivity index (χ1) is 9.22. The predicted molar refractivity (Wildman–Crippen MR) is 89.0 cm³/mol. The maximum atomic E-state index is 4.63. The second-order valence-electron chi connectivity index (χ2n) is 5.81. The minimum absolute atomic E-state index is 0. The van der Waals surface area contributed by atoms with Crippen molar-refractivity contribution in [3.05, 3.63) is 35.5 Å². The first kappa shape index (κ1) is 15.1. The summed E-state index contributed by atoms with van der Waals surface area (Å²) in [5, 5.41) is 5.01. The molecule has 0 saturated heterocycles. The Morgan fingerprint density at radius 1 is 1.05 bits per heavy atom. The smallest absolute Gasteiger partial charge is 0.0726 e. The van der Waals surface area contributed by atoms with Crippen molar-refractivity contribution in [1.82, 2.24) is 4.98 Å². The quantitative estimate of drug-likeness (QED) is 0.840. The van der Waals surface area contributed by atoms with E-state index in [1.54, 1.807) is 0 Å². The van der Waals surface area contributed by atoms with Crippen molar-refractivity contribution in [2.45, 2.75) is 52.0 Å². The van der Waals surface area contributed by atoms with Crippen molar-refractivity contribution in [3.63, 3.8) is 0 Å². The van der Waals surface area contributed by atoms with E-state index in [2.05, 4.69) is 48.4 Å². The van der Waals surface area contributed by atoms with Gasteiger partial charge in [0.1, 0.15) is 0 Å². The molecule has 0 aliphatic heterocycles. The molecule has 108 valence electrons. The van der Waals surface area contributed by atoms with Crippen LogP contribution < -0.4 is 5.32 Å². The fourth-order valence-electron chi connectivity index (χ4n) is 3.06. The van der Waals surface area contributed by atoms with Crippen molar-refractivity contribution >= 4 is 29.0 Å². The molecule has 3 rings (SSSR count). The molecule has 1 fully saturated rings. The molecule has 0 bridgehead atoms. The van der Waals surface area contributed by atoms with Crippen LogP contribution in [0.4, 0.5) is 5.69 Å². The number of aryl methyl sites for hydroxylation is 2. The van der Waals surface area contributed by atoms with Crippen LogP contribution in [0, 0.1) is 13.8 Å². The lowest BCUT2D eigenvalue weighted by Gasteiger charge is -2.24. The molecule has 2 nitrogen and oxygen atoms in total. The van der Waals surface area contributed by atoms with E-state index in [1.807, 2.05) is 0 Å². The van der Waals surface area contributed by atoms with E-state index < -0.39 is 0 Å². The summed E-state index contributed by atoms with van der Waals surface area (Å²) in [5.74, 6) is 0. The van der Waals surface area contributed by atoms with Crippen LogP contribution in [0.1, 0.15) is 43.4 Å². The summed E-state index contributed by atoms with van der Waals surface area (Å²) in [6.45, 7) is 4.22. The second kappa shape index (κ2) is 6.45. The molecule has 0 unspecified atom stereocenters. The van der Waals surface area contributed by atoms with E-state index in [0.29, 0.717) is 6.04 Å². The van der Waals surface area contributed by atoms with Gasteiger partial charge in [-0.2, -0.15) is 0 Å². The van der Waals surface area contributed by atoms with Gasteiger partial charge in [0.15, 0.2) is 0 Å². The molecule has 1 aliphatic carbocycles. The van der Waals surface area contributed by atoms with E-state index in [-0.39, 0.29) is 12.4 Å². The maximum absolute atomic E-state index is 4.63. The van der Waals surface area contributed by atoms with Gasteiger partial charge in [-0.1, -0.05) is 30.9 Å². The highest BCUT2D eigenvalue weighted by Gasteiger charge is 2.14. The van der Waals surface area contributed by atoms with Gasteiger partial charge in [-0.05, 0) is 44.9 Å². The molecule has 1 aliphatic rings. The molecule has 3 heteroatoms. The number of pyridine rings is 1. The average Bonchev–Trinajstić information content (AvgIpc) is 2.41. The molecule has 0 spiro atoms. The number of benzene rings is 1. The van der Waals surface area contributed by atoms with Crippen LogP contribution in [-0.4, -0.2) is 11.0 Å². The van der Waals surface area contributed by atoms with Gasteiger partial charge in [0.25, 0.3) is 0 Å². The molecule has 20 heavy (non-hydrogen) atoms. The van der Waals surface area contributed by atoms with Gasteiger partial charge in [-0.25, -0.2) is 0 Å². The van der Waals surface area contributed by atoms with Gasteiger partial charge >= 0.3 is 0 Å².